The minimum absolute atomic E-state index is 0.0440. The van der Waals surface area contributed by atoms with E-state index in [0.29, 0.717) is 13.1 Å². The van der Waals surface area contributed by atoms with Crippen LogP contribution in [-0.4, -0.2) is 35.3 Å². The molecule has 2 amide bonds. The van der Waals surface area contributed by atoms with Gasteiger partial charge in [0.05, 0.1) is 11.0 Å². The molecular formula is C20H20N4O2S. The number of rotatable bonds is 4. The predicted molar refractivity (Wildman–Crippen MR) is 106 cm³/mol. The second-order valence-corrected chi connectivity index (χ2v) is 7.84. The molecule has 0 unspecified atom stereocenters. The van der Waals surface area contributed by atoms with Crippen LogP contribution in [0.2, 0.25) is 0 Å². The third-order valence-corrected chi connectivity index (χ3v) is 6.18. The van der Waals surface area contributed by atoms with Crippen LogP contribution in [0.3, 0.4) is 0 Å². The molecule has 1 atom stereocenters. The van der Waals surface area contributed by atoms with Crippen LogP contribution >= 0.6 is 11.3 Å². The fourth-order valence-corrected chi connectivity index (χ4v) is 4.76. The van der Waals surface area contributed by atoms with Gasteiger partial charge < -0.3 is 10.1 Å². The van der Waals surface area contributed by atoms with Crippen LogP contribution in [-0.2, 0) is 4.74 Å². The number of amides is 2. The Morgan fingerprint density at radius 3 is 2.96 bits per heavy atom. The largest absolute Gasteiger partial charge is 0.373 e. The Kier molecular flexibility index (Phi) is 4.18. The molecular weight excluding hydrogens is 360 g/mol. The zero-order chi connectivity index (χ0) is 18.2. The van der Waals surface area contributed by atoms with Crippen molar-refractivity contribution in [3.8, 4) is 16.4 Å². The molecule has 0 aliphatic carbocycles. The number of nitrogens with zero attached hydrogens (tertiary/aromatic N) is 3. The topological polar surface area (TPSA) is 59.4 Å². The number of carbonyl (C=O) groups excluding carboxylic acids is 1. The Morgan fingerprint density at radius 2 is 2.15 bits per heavy atom. The summed E-state index contributed by atoms with van der Waals surface area (Å²) in [5.41, 5.74) is 1.89. The Hall–Kier alpha value is -2.64. The van der Waals surface area contributed by atoms with Gasteiger partial charge in [0, 0.05) is 48.3 Å². The highest BCUT2D eigenvalue weighted by molar-refractivity contribution is 7.15. The van der Waals surface area contributed by atoms with Crippen LogP contribution in [0.5, 0.6) is 0 Å². The lowest BCUT2D eigenvalue weighted by Crippen LogP contribution is -2.27. The minimum Gasteiger partial charge on any atom is -0.373 e. The SMILES string of the molecule is O=C1NCCN1c1cccc(-n2ccnc2-c2ccc([C@@H]3CCCO3)s2)c1. The third-order valence-electron chi connectivity index (χ3n) is 5.01. The summed E-state index contributed by atoms with van der Waals surface area (Å²) in [7, 11) is 0. The Labute approximate surface area is 161 Å². The van der Waals surface area contributed by atoms with Crippen molar-refractivity contribution in [1.29, 1.82) is 0 Å². The Morgan fingerprint density at radius 1 is 1.22 bits per heavy atom. The molecule has 2 saturated heterocycles. The molecule has 27 heavy (non-hydrogen) atoms. The summed E-state index contributed by atoms with van der Waals surface area (Å²) in [6.45, 7) is 2.22. The molecule has 0 bridgehead atoms. The van der Waals surface area contributed by atoms with E-state index in [4.69, 9.17) is 4.74 Å². The van der Waals surface area contributed by atoms with Crippen LogP contribution < -0.4 is 10.2 Å². The minimum atomic E-state index is -0.0440. The van der Waals surface area contributed by atoms with Crippen molar-refractivity contribution >= 4 is 23.1 Å². The average molecular weight is 380 g/mol. The molecule has 1 N–H and O–H groups in total. The summed E-state index contributed by atoms with van der Waals surface area (Å²) < 4.78 is 7.88. The van der Waals surface area contributed by atoms with Gasteiger partial charge in [0.15, 0.2) is 5.82 Å². The molecule has 2 fully saturated rings. The first-order valence-electron chi connectivity index (χ1n) is 9.20. The van der Waals surface area contributed by atoms with E-state index < -0.39 is 0 Å². The first-order chi connectivity index (χ1) is 13.3. The number of hydrogen-bond donors (Lipinski definition) is 1. The van der Waals surface area contributed by atoms with Gasteiger partial charge in [-0.15, -0.1) is 11.3 Å². The lowest BCUT2D eigenvalue weighted by Gasteiger charge is -2.16. The Balaban J connectivity index is 1.47. The first kappa shape index (κ1) is 16.5. The fraction of sp³-hybridized carbons (Fsp3) is 0.300. The molecule has 0 spiro atoms. The van der Waals surface area contributed by atoms with E-state index in [-0.39, 0.29) is 12.1 Å². The molecule has 3 aromatic rings. The molecule has 6 nitrogen and oxygen atoms in total. The van der Waals surface area contributed by atoms with Gasteiger partial charge in [-0.05, 0) is 43.2 Å². The standard InChI is InChI=1S/C20H20N4O2S/c25-20-22-9-11-24(20)15-4-1-3-14(13-15)23-10-8-21-19(23)18-7-6-17(27-18)16-5-2-12-26-16/h1,3-4,6-8,10,13,16H,2,5,9,11-12H2,(H,22,25)/t16-/m0/s1. The summed E-state index contributed by atoms with van der Waals surface area (Å²) in [6.07, 6.45) is 6.22. The van der Waals surface area contributed by atoms with Gasteiger partial charge in [0.2, 0.25) is 0 Å². The van der Waals surface area contributed by atoms with Crippen LogP contribution in [0.4, 0.5) is 10.5 Å². The van der Waals surface area contributed by atoms with E-state index in [2.05, 4.69) is 27.0 Å². The molecule has 2 aliphatic rings. The van der Waals surface area contributed by atoms with Crippen molar-refractivity contribution in [3.05, 3.63) is 53.7 Å². The van der Waals surface area contributed by atoms with Gasteiger partial charge >= 0.3 is 6.03 Å². The summed E-state index contributed by atoms with van der Waals surface area (Å²) in [5, 5.41) is 2.85. The van der Waals surface area contributed by atoms with Gasteiger partial charge in [-0.2, -0.15) is 0 Å². The molecule has 0 radical (unpaired) electrons. The molecule has 2 aliphatic heterocycles. The highest BCUT2D eigenvalue weighted by Crippen LogP contribution is 2.37. The lowest BCUT2D eigenvalue weighted by atomic mass is 10.2. The molecule has 2 aromatic heterocycles. The normalized spacial score (nSPS) is 19.6. The second-order valence-electron chi connectivity index (χ2n) is 6.73. The maximum atomic E-state index is 12.0. The van der Waals surface area contributed by atoms with E-state index in [1.165, 1.54) is 4.88 Å². The van der Waals surface area contributed by atoms with Crippen LogP contribution in [0.1, 0.15) is 23.8 Å². The quantitative estimate of drug-likeness (QED) is 0.745. The molecule has 0 saturated carbocycles. The molecule has 5 rings (SSSR count). The number of aromatic nitrogens is 2. The lowest BCUT2D eigenvalue weighted by molar-refractivity contribution is 0.114. The maximum Gasteiger partial charge on any atom is 0.321 e. The molecule has 138 valence electrons. The van der Waals surface area contributed by atoms with Gasteiger partial charge in [0.25, 0.3) is 0 Å². The van der Waals surface area contributed by atoms with Gasteiger partial charge in [-0.3, -0.25) is 9.47 Å². The number of hydrogen-bond acceptors (Lipinski definition) is 4. The van der Waals surface area contributed by atoms with Gasteiger partial charge in [0.1, 0.15) is 0 Å². The maximum absolute atomic E-state index is 12.0. The first-order valence-corrected chi connectivity index (χ1v) is 10.0. The zero-order valence-corrected chi connectivity index (χ0v) is 15.6. The van der Waals surface area contributed by atoms with Crippen molar-refractivity contribution in [2.45, 2.75) is 18.9 Å². The number of imidazole rings is 1. The number of ether oxygens (including phenoxy) is 1. The summed E-state index contributed by atoms with van der Waals surface area (Å²) >= 11 is 1.74. The Bertz CT molecular complexity index is 974. The third kappa shape index (κ3) is 3.02. The number of nitrogens with one attached hydrogen (secondary N) is 1. The number of anilines is 1. The highest BCUT2D eigenvalue weighted by Gasteiger charge is 2.23. The zero-order valence-electron chi connectivity index (χ0n) is 14.8. The number of carbonyl (C=O) groups is 1. The summed E-state index contributed by atoms with van der Waals surface area (Å²) in [5.74, 6) is 0.910. The molecule has 4 heterocycles. The number of benzene rings is 1. The van der Waals surface area contributed by atoms with E-state index >= 15 is 0 Å². The highest BCUT2D eigenvalue weighted by atomic mass is 32.1. The van der Waals surface area contributed by atoms with Crippen LogP contribution in [0.25, 0.3) is 16.4 Å². The van der Waals surface area contributed by atoms with E-state index in [0.717, 1.165) is 41.5 Å². The molecule has 7 heteroatoms. The van der Waals surface area contributed by atoms with Gasteiger partial charge in [-0.25, -0.2) is 9.78 Å². The second kappa shape index (κ2) is 6.83. The predicted octanol–water partition coefficient (Wildman–Crippen LogP) is 3.98. The van der Waals surface area contributed by atoms with Crippen molar-refractivity contribution in [1.82, 2.24) is 14.9 Å². The van der Waals surface area contributed by atoms with Gasteiger partial charge in [-0.1, -0.05) is 6.07 Å². The average Bonchev–Trinajstić information content (AvgIpc) is 3.47. The van der Waals surface area contributed by atoms with Crippen molar-refractivity contribution in [3.63, 3.8) is 0 Å². The number of thiophene rings is 1. The van der Waals surface area contributed by atoms with Crippen LogP contribution in [0.15, 0.2) is 48.8 Å². The van der Waals surface area contributed by atoms with Crippen LogP contribution in [0, 0.1) is 0 Å². The number of urea groups is 1. The fourth-order valence-electron chi connectivity index (χ4n) is 3.67. The monoisotopic (exact) mass is 380 g/mol. The van der Waals surface area contributed by atoms with Crippen molar-refractivity contribution in [2.24, 2.45) is 0 Å². The van der Waals surface area contributed by atoms with Crippen molar-refractivity contribution < 1.29 is 9.53 Å². The van der Waals surface area contributed by atoms with E-state index in [9.17, 15) is 4.79 Å². The van der Waals surface area contributed by atoms with E-state index in [1.54, 1.807) is 16.2 Å². The molecule has 1 aromatic carbocycles. The summed E-state index contributed by atoms with van der Waals surface area (Å²) in [6, 6.07) is 12.2. The van der Waals surface area contributed by atoms with E-state index in [1.807, 2.05) is 36.7 Å². The smallest absolute Gasteiger partial charge is 0.321 e. The van der Waals surface area contributed by atoms with Crippen molar-refractivity contribution in [2.75, 3.05) is 24.6 Å². The summed E-state index contributed by atoms with van der Waals surface area (Å²) in [4.78, 5) is 20.7.